The van der Waals surface area contributed by atoms with Crippen LogP contribution in [0.5, 0.6) is 0 Å². The Morgan fingerprint density at radius 2 is 2.04 bits per heavy atom. The Bertz CT molecular complexity index is 655. The van der Waals surface area contributed by atoms with Gasteiger partial charge in [0.15, 0.2) is 0 Å². The van der Waals surface area contributed by atoms with Crippen LogP contribution in [-0.4, -0.2) is 35.6 Å². The molecule has 1 saturated heterocycles. The van der Waals surface area contributed by atoms with Crippen molar-refractivity contribution in [3.8, 4) is 0 Å². The van der Waals surface area contributed by atoms with Gasteiger partial charge in [0, 0.05) is 3.57 Å². The van der Waals surface area contributed by atoms with E-state index >= 15 is 0 Å². The molecule has 6 nitrogen and oxygen atoms in total. The number of hydrogen-bond acceptors (Lipinski definition) is 4. The molecule has 2 amide bonds. The molecule has 1 heterocycles. The Kier molecular flexibility index (Phi) is 5.28. The molecule has 10 heteroatoms. The minimum Gasteiger partial charge on any atom is -0.466 e. The van der Waals surface area contributed by atoms with E-state index in [0.29, 0.717) is 3.57 Å². The van der Waals surface area contributed by atoms with Gasteiger partial charge in [0.2, 0.25) is 0 Å². The van der Waals surface area contributed by atoms with E-state index in [-0.39, 0.29) is 12.2 Å². The van der Waals surface area contributed by atoms with E-state index in [1.165, 1.54) is 18.3 Å². The summed E-state index contributed by atoms with van der Waals surface area (Å²) in [5.74, 6) is -3.37. The van der Waals surface area contributed by atoms with E-state index in [4.69, 9.17) is 4.74 Å². The van der Waals surface area contributed by atoms with Gasteiger partial charge >= 0.3 is 18.2 Å². The zero-order chi connectivity index (χ0) is 18.1. The summed E-state index contributed by atoms with van der Waals surface area (Å²) in [5.41, 5.74) is -3.47. The predicted molar refractivity (Wildman–Crippen MR) is 84.7 cm³/mol. The molecule has 1 aliphatic heterocycles. The molecule has 3 N–H and O–H groups in total. The van der Waals surface area contributed by atoms with Crippen LogP contribution in [0, 0.1) is 9.49 Å². The van der Waals surface area contributed by atoms with Crippen LogP contribution in [0.1, 0.15) is 18.5 Å². The number of urea groups is 1. The number of ether oxygens (including phenoxy) is 1. The van der Waals surface area contributed by atoms with Gasteiger partial charge in [-0.15, -0.1) is 0 Å². The Morgan fingerprint density at radius 1 is 1.42 bits per heavy atom. The van der Waals surface area contributed by atoms with Crippen molar-refractivity contribution < 1.29 is 32.6 Å². The molecule has 1 fully saturated rings. The summed E-state index contributed by atoms with van der Waals surface area (Å²) >= 11 is 1.87. The zero-order valence-corrected chi connectivity index (χ0v) is 14.5. The lowest BCUT2D eigenvalue weighted by atomic mass is 9.82. The second-order valence-corrected chi connectivity index (χ2v) is 6.25. The summed E-state index contributed by atoms with van der Waals surface area (Å²) < 4.78 is 45.5. The first-order chi connectivity index (χ1) is 11.1. The van der Waals surface area contributed by atoms with Crippen LogP contribution in [0.4, 0.5) is 18.0 Å². The van der Waals surface area contributed by atoms with Crippen molar-refractivity contribution in [3.05, 3.63) is 33.4 Å². The zero-order valence-electron chi connectivity index (χ0n) is 12.4. The molecule has 3 unspecified atom stereocenters. The lowest BCUT2D eigenvalue weighted by Crippen LogP contribution is -2.73. The fourth-order valence-corrected chi connectivity index (χ4v) is 3.25. The Morgan fingerprint density at radius 3 is 2.58 bits per heavy atom. The number of carbonyl (C=O) groups excluding carboxylic acids is 2. The van der Waals surface area contributed by atoms with Gasteiger partial charge in [-0.1, -0.05) is 18.2 Å². The average molecular weight is 458 g/mol. The van der Waals surface area contributed by atoms with Crippen LogP contribution in [0.3, 0.4) is 0 Å². The molecule has 1 aliphatic rings. The van der Waals surface area contributed by atoms with Gasteiger partial charge in [-0.3, -0.25) is 4.79 Å². The summed E-state index contributed by atoms with van der Waals surface area (Å²) in [6.07, 6.45) is -5.28. The number of benzene rings is 1. The van der Waals surface area contributed by atoms with E-state index in [2.05, 4.69) is 5.32 Å². The lowest BCUT2D eigenvalue weighted by Gasteiger charge is -2.44. The maximum atomic E-state index is 13.4. The largest absolute Gasteiger partial charge is 0.466 e. The molecule has 0 aromatic heterocycles. The highest BCUT2D eigenvalue weighted by Gasteiger charge is 2.67. The van der Waals surface area contributed by atoms with Crippen molar-refractivity contribution in [2.24, 2.45) is 5.92 Å². The number of aliphatic hydroxyl groups is 1. The molecule has 3 atom stereocenters. The number of hydrogen-bond donors (Lipinski definition) is 3. The average Bonchev–Trinajstić information content (AvgIpc) is 2.45. The van der Waals surface area contributed by atoms with Gasteiger partial charge in [-0.25, -0.2) is 4.79 Å². The van der Waals surface area contributed by atoms with Crippen molar-refractivity contribution >= 4 is 34.6 Å². The SMILES string of the molecule is CCOC(=O)C1C(c2ccccc2I)NC(=O)NC1(O)C(F)(F)F. The molecule has 0 saturated carbocycles. The number of esters is 1. The van der Waals surface area contributed by atoms with Gasteiger partial charge < -0.3 is 20.5 Å². The fourth-order valence-electron chi connectivity index (χ4n) is 2.52. The topological polar surface area (TPSA) is 87.7 Å². The first-order valence-electron chi connectivity index (χ1n) is 6.90. The van der Waals surface area contributed by atoms with E-state index < -0.39 is 35.9 Å². The molecule has 132 valence electrons. The van der Waals surface area contributed by atoms with E-state index in [9.17, 15) is 27.9 Å². The summed E-state index contributed by atoms with van der Waals surface area (Å²) in [7, 11) is 0. The number of alkyl halides is 3. The number of nitrogens with one attached hydrogen (secondary N) is 2. The molecule has 0 aliphatic carbocycles. The Labute approximate surface area is 148 Å². The van der Waals surface area contributed by atoms with Gasteiger partial charge in [0.1, 0.15) is 5.92 Å². The van der Waals surface area contributed by atoms with Crippen LogP contribution in [0.25, 0.3) is 0 Å². The molecule has 2 rings (SSSR count). The van der Waals surface area contributed by atoms with Crippen LogP contribution in [-0.2, 0) is 9.53 Å². The Hall–Kier alpha value is -1.56. The molecular formula is C14H14F3IN2O4. The quantitative estimate of drug-likeness (QED) is 0.479. The number of halogens is 4. The lowest BCUT2D eigenvalue weighted by molar-refractivity contribution is -0.294. The maximum Gasteiger partial charge on any atom is 0.437 e. The third-order valence-corrected chi connectivity index (χ3v) is 4.57. The van der Waals surface area contributed by atoms with Gasteiger partial charge in [0.05, 0.1) is 12.6 Å². The summed E-state index contributed by atoms with van der Waals surface area (Å²) in [6.45, 7) is 1.26. The van der Waals surface area contributed by atoms with Crippen molar-refractivity contribution in [2.75, 3.05) is 6.61 Å². The van der Waals surface area contributed by atoms with Crippen molar-refractivity contribution in [3.63, 3.8) is 0 Å². The molecule has 0 bridgehead atoms. The number of rotatable bonds is 3. The minimum atomic E-state index is -5.28. The van der Waals surface area contributed by atoms with Crippen LogP contribution in [0.2, 0.25) is 0 Å². The van der Waals surface area contributed by atoms with Crippen molar-refractivity contribution in [2.45, 2.75) is 24.9 Å². The molecule has 1 aromatic rings. The highest BCUT2D eigenvalue weighted by molar-refractivity contribution is 14.1. The van der Waals surface area contributed by atoms with Crippen LogP contribution < -0.4 is 10.6 Å². The predicted octanol–water partition coefficient (Wildman–Crippen LogP) is 2.08. The standard InChI is InChI=1S/C14H14F3IN2O4/c1-2-24-11(21)9-10(7-5-3-4-6-8(7)18)19-12(22)20-13(9,23)14(15,16)17/h3-6,9-10,23H,2H2,1H3,(H2,19,20,22). The summed E-state index contributed by atoms with van der Waals surface area (Å²) in [5, 5.41) is 13.9. The molecular weight excluding hydrogens is 444 g/mol. The number of amides is 2. The minimum absolute atomic E-state index is 0.171. The third-order valence-electron chi connectivity index (χ3n) is 3.59. The maximum absolute atomic E-state index is 13.4. The highest BCUT2D eigenvalue weighted by atomic mass is 127. The third kappa shape index (κ3) is 3.29. The van der Waals surface area contributed by atoms with E-state index in [1.807, 2.05) is 22.6 Å². The van der Waals surface area contributed by atoms with E-state index in [0.717, 1.165) is 0 Å². The molecule has 24 heavy (non-hydrogen) atoms. The first-order valence-corrected chi connectivity index (χ1v) is 7.98. The second kappa shape index (κ2) is 6.75. The fraction of sp³-hybridized carbons (Fsp3) is 0.429. The first kappa shape index (κ1) is 18.8. The Balaban J connectivity index is 2.60. The van der Waals surface area contributed by atoms with Crippen molar-refractivity contribution in [1.29, 1.82) is 0 Å². The summed E-state index contributed by atoms with van der Waals surface area (Å²) in [6, 6.07) is 3.65. The van der Waals surface area contributed by atoms with Crippen LogP contribution in [0.15, 0.2) is 24.3 Å². The summed E-state index contributed by atoms with van der Waals surface area (Å²) in [4.78, 5) is 23.9. The smallest absolute Gasteiger partial charge is 0.437 e. The van der Waals surface area contributed by atoms with Gasteiger partial charge in [-0.2, -0.15) is 13.2 Å². The number of carbonyl (C=O) groups is 2. The monoisotopic (exact) mass is 458 g/mol. The van der Waals surface area contributed by atoms with Crippen molar-refractivity contribution in [1.82, 2.24) is 10.6 Å². The van der Waals surface area contributed by atoms with Crippen LogP contribution >= 0.6 is 22.6 Å². The van der Waals surface area contributed by atoms with E-state index in [1.54, 1.807) is 18.2 Å². The molecule has 1 aromatic carbocycles. The molecule has 0 spiro atoms. The van der Waals surface area contributed by atoms with Gasteiger partial charge in [0.25, 0.3) is 5.72 Å². The molecule has 0 radical (unpaired) electrons. The highest BCUT2D eigenvalue weighted by Crippen LogP contribution is 2.43. The normalized spacial score (nSPS) is 27.2. The van der Waals surface area contributed by atoms with Gasteiger partial charge in [-0.05, 0) is 41.1 Å². The second-order valence-electron chi connectivity index (χ2n) is 5.09.